The van der Waals surface area contributed by atoms with Crippen molar-refractivity contribution in [3.63, 3.8) is 0 Å². The number of aryl methyl sites for hydroxylation is 1. The number of H-pyrrole nitrogens is 2. The van der Waals surface area contributed by atoms with Crippen LogP contribution in [0.15, 0.2) is 59.7 Å². The molecule has 7 heteroatoms. The summed E-state index contributed by atoms with van der Waals surface area (Å²) in [7, 11) is 0. The molecule has 0 saturated carbocycles. The predicted molar refractivity (Wildman–Crippen MR) is 99.1 cm³/mol. The Bertz CT molecular complexity index is 1160. The molecule has 3 heterocycles. The number of aromatic nitrogens is 4. The number of carbonyl (C=O) groups is 1. The summed E-state index contributed by atoms with van der Waals surface area (Å²) in [4.78, 5) is 39.1. The van der Waals surface area contributed by atoms with Gasteiger partial charge < -0.3 is 15.3 Å². The number of imidazole rings is 1. The van der Waals surface area contributed by atoms with Crippen molar-refractivity contribution >= 4 is 22.6 Å². The molecule has 0 saturated heterocycles. The van der Waals surface area contributed by atoms with Gasteiger partial charge in [0.15, 0.2) is 11.3 Å². The van der Waals surface area contributed by atoms with E-state index in [1.54, 1.807) is 31.3 Å². The number of pyridine rings is 2. The molecule has 7 nitrogen and oxygen atoms in total. The molecule has 128 valence electrons. The highest BCUT2D eigenvalue weighted by Crippen LogP contribution is 2.21. The number of carbonyl (C=O) groups excluding carboxylic acids is 1. The van der Waals surface area contributed by atoms with Crippen LogP contribution in [0.2, 0.25) is 0 Å². The van der Waals surface area contributed by atoms with Crippen molar-refractivity contribution in [2.45, 2.75) is 6.92 Å². The Labute approximate surface area is 148 Å². The highest BCUT2D eigenvalue weighted by atomic mass is 16.2. The van der Waals surface area contributed by atoms with E-state index in [-0.39, 0.29) is 11.0 Å². The molecule has 3 aromatic heterocycles. The zero-order valence-corrected chi connectivity index (χ0v) is 13.9. The highest BCUT2D eigenvalue weighted by Gasteiger charge is 2.12. The number of hydrogen-bond donors (Lipinski definition) is 3. The average Bonchev–Trinajstić information content (AvgIpc) is 3.05. The lowest BCUT2D eigenvalue weighted by atomic mass is 10.2. The first-order valence-electron chi connectivity index (χ1n) is 8.02. The van der Waals surface area contributed by atoms with Gasteiger partial charge in [-0.2, -0.15) is 0 Å². The molecule has 0 bridgehead atoms. The molecule has 0 unspecified atom stereocenters. The second kappa shape index (κ2) is 6.29. The SMILES string of the molecule is Cc1cc(=O)c(C(=O)Nc2ccc3nc(-c4ccccn4)[nH]c3c2)c[nH]1. The lowest BCUT2D eigenvalue weighted by molar-refractivity contribution is 0.102. The maximum absolute atomic E-state index is 12.3. The van der Waals surface area contributed by atoms with Gasteiger partial charge in [0.05, 0.1) is 11.0 Å². The molecule has 0 aliphatic rings. The third-order valence-electron chi connectivity index (χ3n) is 3.95. The van der Waals surface area contributed by atoms with Crippen LogP contribution in [-0.2, 0) is 0 Å². The third-order valence-corrected chi connectivity index (χ3v) is 3.95. The largest absolute Gasteiger partial charge is 0.364 e. The van der Waals surface area contributed by atoms with Crippen LogP contribution in [0.3, 0.4) is 0 Å². The maximum atomic E-state index is 12.3. The number of benzene rings is 1. The molecule has 0 spiro atoms. The Hall–Kier alpha value is -3.74. The van der Waals surface area contributed by atoms with Crippen LogP contribution in [0.25, 0.3) is 22.6 Å². The highest BCUT2D eigenvalue weighted by molar-refractivity contribution is 6.04. The summed E-state index contributed by atoms with van der Waals surface area (Å²) in [5.74, 6) is 0.189. The van der Waals surface area contributed by atoms with E-state index in [4.69, 9.17) is 0 Å². The number of aromatic amines is 2. The van der Waals surface area contributed by atoms with E-state index >= 15 is 0 Å². The van der Waals surface area contributed by atoms with E-state index in [9.17, 15) is 9.59 Å². The molecular weight excluding hydrogens is 330 g/mol. The molecular formula is C19H15N5O2. The van der Waals surface area contributed by atoms with Gasteiger partial charge in [0.25, 0.3) is 5.91 Å². The van der Waals surface area contributed by atoms with E-state index in [2.05, 4.69) is 25.3 Å². The molecule has 0 atom stereocenters. The number of hydrogen-bond acceptors (Lipinski definition) is 4. The molecule has 3 N–H and O–H groups in total. The zero-order chi connectivity index (χ0) is 18.1. The number of amides is 1. The molecule has 0 aliphatic heterocycles. The van der Waals surface area contributed by atoms with Crippen molar-refractivity contribution in [1.29, 1.82) is 0 Å². The quantitative estimate of drug-likeness (QED) is 0.531. The zero-order valence-electron chi connectivity index (χ0n) is 13.9. The fraction of sp³-hybridized carbons (Fsp3) is 0.0526. The van der Waals surface area contributed by atoms with Crippen LogP contribution in [0, 0.1) is 6.92 Å². The number of nitrogens with one attached hydrogen (secondary N) is 3. The van der Waals surface area contributed by atoms with Gasteiger partial charge in [-0.25, -0.2) is 4.98 Å². The van der Waals surface area contributed by atoms with Gasteiger partial charge in [-0.3, -0.25) is 14.6 Å². The molecule has 1 aromatic carbocycles. The van der Waals surface area contributed by atoms with Gasteiger partial charge >= 0.3 is 0 Å². The minimum atomic E-state index is -0.463. The van der Waals surface area contributed by atoms with Gasteiger partial charge in [-0.15, -0.1) is 0 Å². The predicted octanol–water partition coefficient (Wildman–Crippen LogP) is 2.87. The van der Waals surface area contributed by atoms with Crippen LogP contribution in [-0.4, -0.2) is 25.8 Å². The van der Waals surface area contributed by atoms with Crippen molar-refractivity contribution in [1.82, 2.24) is 19.9 Å². The Morgan fingerprint density at radius 3 is 2.81 bits per heavy atom. The molecule has 4 rings (SSSR count). The fourth-order valence-electron chi connectivity index (χ4n) is 2.66. The molecule has 0 radical (unpaired) electrons. The molecule has 1 amide bonds. The van der Waals surface area contributed by atoms with Crippen LogP contribution in [0.4, 0.5) is 5.69 Å². The summed E-state index contributed by atoms with van der Waals surface area (Å²) in [6.45, 7) is 1.76. The van der Waals surface area contributed by atoms with Crippen molar-refractivity contribution in [2.75, 3.05) is 5.32 Å². The topological polar surface area (TPSA) is 104 Å². The first kappa shape index (κ1) is 15.8. The summed E-state index contributed by atoms with van der Waals surface area (Å²) >= 11 is 0. The Morgan fingerprint density at radius 2 is 2.04 bits per heavy atom. The lowest BCUT2D eigenvalue weighted by Crippen LogP contribution is -2.21. The summed E-state index contributed by atoms with van der Waals surface area (Å²) in [6, 6.07) is 12.3. The van der Waals surface area contributed by atoms with E-state index in [1.807, 2.05) is 18.2 Å². The van der Waals surface area contributed by atoms with E-state index in [0.717, 1.165) is 16.7 Å². The van der Waals surface area contributed by atoms with E-state index in [0.29, 0.717) is 17.2 Å². The monoisotopic (exact) mass is 345 g/mol. The average molecular weight is 345 g/mol. The van der Waals surface area contributed by atoms with Crippen molar-refractivity contribution in [2.24, 2.45) is 0 Å². The standard InChI is InChI=1S/C19H15N5O2/c1-11-8-17(25)13(10-21-11)19(26)22-12-5-6-14-16(9-12)24-18(23-14)15-4-2-3-7-20-15/h2-10H,1H3,(H,21,25)(H,22,26)(H,23,24). The summed E-state index contributed by atoms with van der Waals surface area (Å²) in [6.07, 6.45) is 3.12. The van der Waals surface area contributed by atoms with Gasteiger partial charge in [0, 0.05) is 29.8 Å². The fourth-order valence-corrected chi connectivity index (χ4v) is 2.66. The lowest BCUT2D eigenvalue weighted by Gasteiger charge is -2.05. The van der Waals surface area contributed by atoms with Gasteiger partial charge in [0.2, 0.25) is 0 Å². The summed E-state index contributed by atoms with van der Waals surface area (Å²) in [5, 5.41) is 2.74. The number of rotatable bonds is 3. The summed E-state index contributed by atoms with van der Waals surface area (Å²) in [5.41, 5.74) is 3.28. The van der Waals surface area contributed by atoms with Gasteiger partial charge in [-0.05, 0) is 37.3 Å². The first-order valence-corrected chi connectivity index (χ1v) is 8.02. The summed E-state index contributed by atoms with van der Waals surface area (Å²) < 4.78 is 0. The van der Waals surface area contributed by atoms with Crippen LogP contribution in [0.1, 0.15) is 16.1 Å². The second-order valence-corrected chi connectivity index (χ2v) is 5.88. The van der Waals surface area contributed by atoms with E-state index in [1.165, 1.54) is 12.3 Å². The first-order chi connectivity index (χ1) is 12.6. The number of nitrogens with zero attached hydrogens (tertiary/aromatic N) is 2. The van der Waals surface area contributed by atoms with Crippen LogP contribution < -0.4 is 10.7 Å². The Morgan fingerprint density at radius 1 is 1.15 bits per heavy atom. The normalized spacial score (nSPS) is 10.8. The van der Waals surface area contributed by atoms with Crippen molar-refractivity contribution in [3.8, 4) is 11.5 Å². The third kappa shape index (κ3) is 2.98. The van der Waals surface area contributed by atoms with Crippen molar-refractivity contribution in [3.05, 3.63) is 76.3 Å². The molecule has 4 aromatic rings. The van der Waals surface area contributed by atoms with E-state index < -0.39 is 5.91 Å². The molecule has 0 aliphatic carbocycles. The Kier molecular flexibility index (Phi) is 3.81. The van der Waals surface area contributed by atoms with Gasteiger partial charge in [-0.1, -0.05) is 6.07 Å². The number of anilines is 1. The Balaban J connectivity index is 1.63. The number of fused-ring (bicyclic) bond motifs is 1. The minimum absolute atomic E-state index is 0.0643. The smallest absolute Gasteiger partial charge is 0.261 e. The maximum Gasteiger partial charge on any atom is 0.261 e. The van der Waals surface area contributed by atoms with Gasteiger partial charge in [0.1, 0.15) is 11.3 Å². The second-order valence-electron chi connectivity index (χ2n) is 5.88. The van der Waals surface area contributed by atoms with Crippen LogP contribution >= 0.6 is 0 Å². The van der Waals surface area contributed by atoms with Crippen molar-refractivity contribution < 1.29 is 4.79 Å². The molecule has 0 fully saturated rings. The van der Waals surface area contributed by atoms with Crippen LogP contribution in [0.5, 0.6) is 0 Å². The molecule has 26 heavy (non-hydrogen) atoms. The minimum Gasteiger partial charge on any atom is -0.364 e.